The van der Waals surface area contributed by atoms with E-state index in [2.05, 4.69) is 15.9 Å². The number of halogens is 4. The zero-order valence-corrected chi connectivity index (χ0v) is 12.0. The van der Waals surface area contributed by atoms with Gasteiger partial charge in [-0.1, -0.05) is 39.7 Å². The molecule has 0 saturated heterocycles. The highest BCUT2D eigenvalue weighted by Crippen LogP contribution is 2.26. The molecule has 2 aromatic rings. The molecular weight excluding hydrogens is 338 g/mol. The van der Waals surface area contributed by atoms with E-state index in [-0.39, 0.29) is 17.0 Å². The van der Waals surface area contributed by atoms with Gasteiger partial charge in [0.05, 0.1) is 11.1 Å². The second kappa shape index (κ2) is 5.99. The Morgan fingerprint density at radius 2 is 1.95 bits per heavy atom. The van der Waals surface area contributed by atoms with Gasteiger partial charge in [0, 0.05) is 16.5 Å². The summed E-state index contributed by atoms with van der Waals surface area (Å²) in [4.78, 5) is 0. The predicted molar refractivity (Wildman–Crippen MR) is 74.2 cm³/mol. The smallest absolute Gasteiger partial charge is 0.147 e. The fourth-order valence-electron chi connectivity index (χ4n) is 1.84. The monoisotopic (exact) mass is 346 g/mol. The molecule has 1 nitrogen and oxygen atoms in total. The summed E-state index contributed by atoms with van der Waals surface area (Å²) in [5.74, 6) is -1.06. The standard InChI is InChI=1S/C14H10BrClF2O/c15-9-4-8(5-10(17)7-9)6-13(19)11-2-1-3-12(16)14(11)18/h1-5,7,13,19H,6H2. The van der Waals surface area contributed by atoms with E-state index in [1.165, 1.54) is 24.3 Å². The Morgan fingerprint density at radius 1 is 1.21 bits per heavy atom. The van der Waals surface area contributed by atoms with Crippen LogP contribution in [0, 0.1) is 11.6 Å². The number of rotatable bonds is 3. The summed E-state index contributed by atoms with van der Waals surface area (Å²) in [6, 6.07) is 8.72. The molecule has 0 fully saturated rings. The van der Waals surface area contributed by atoms with Crippen LogP contribution in [0.5, 0.6) is 0 Å². The van der Waals surface area contributed by atoms with Crippen LogP contribution in [-0.4, -0.2) is 5.11 Å². The van der Waals surface area contributed by atoms with Crippen LogP contribution in [0.15, 0.2) is 40.9 Å². The van der Waals surface area contributed by atoms with E-state index in [0.29, 0.717) is 10.0 Å². The Labute approximate surface area is 123 Å². The van der Waals surface area contributed by atoms with Crippen LogP contribution in [-0.2, 0) is 6.42 Å². The lowest BCUT2D eigenvalue weighted by Gasteiger charge is -2.13. The Hall–Kier alpha value is -0.970. The van der Waals surface area contributed by atoms with Gasteiger partial charge in [-0.05, 0) is 29.8 Å². The number of hydrogen-bond donors (Lipinski definition) is 1. The number of benzene rings is 2. The van der Waals surface area contributed by atoms with Crippen molar-refractivity contribution in [2.45, 2.75) is 12.5 Å². The van der Waals surface area contributed by atoms with Crippen molar-refractivity contribution in [3.63, 3.8) is 0 Å². The quantitative estimate of drug-likeness (QED) is 0.856. The van der Waals surface area contributed by atoms with Gasteiger partial charge in [-0.15, -0.1) is 0 Å². The summed E-state index contributed by atoms with van der Waals surface area (Å²) in [5, 5.41) is 9.98. The molecule has 1 atom stereocenters. The molecule has 0 saturated carbocycles. The molecule has 100 valence electrons. The Kier molecular flexibility index (Phi) is 4.55. The third kappa shape index (κ3) is 3.53. The van der Waals surface area contributed by atoms with E-state index in [1.54, 1.807) is 12.1 Å². The molecule has 1 N–H and O–H groups in total. The molecule has 0 aliphatic heterocycles. The topological polar surface area (TPSA) is 20.2 Å². The summed E-state index contributed by atoms with van der Waals surface area (Å²) in [6.07, 6.45) is -0.972. The highest BCUT2D eigenvalue weighted by molar-refractivity contribution is 9.10. The van der Waals surface area contributed by atoms with Crippen molar-refractivity contribution in [1.82, 2.24) is 0 Å². The second-order valence-corrected chi connectivity index (χ2v) is 5.46. The summed E-state index contributed by atoms with van der Waals surface area (Å²) in [6.45, 7) is 0. The molecule has 0 bridgehead atoms. The molecule has 0 amide bonds. The van der Waals surface area contributed by atoms with Crippen LogP contribution in [0.25, 0.3) is 0 Å². The Morgan fingerprint density at radius 3 is 2.63 bits per heavy atom. The summed E-state index contributed by atoms with van der Waals surface area (Å²) >= 11 is 8.83. The van der Waals surface area contributed by atoms with Gasteiger partial charge in [0.25, 0.3) is 0 Å². The lowest BCUT2D eigenvalue weighted by atomic mass is 10.0. The van der Waals surface area contributed by atoms with Gasteiger partial charge in [0.15, 0.2) is 0 Å². The van der Waals surface area contributed by atoms with Crippen LogP contribution < -0.4 is 0 Å². The minimum Gasteiger partial charge on any atom is -0.388 e. The van der Waals surface area contributed by atoms with Gasteiger partial charge < -0.3 is 5.11 Å². The van der Waals surface area contributed by atoms with Gasteiger partial charge in [0.2, 0.25) is 0 Å². The molecule has 5 heteroatoms. The van der Waals surface area contributed by atoms with E-state index in [9.17, 15) is 13.9 Å². The first kappa shape index (κ1) is 14.4. The molecule has 0 aliphatic rings. The average Bonchev–Trinajstić information content (AvgIpc) is 2.31. The third-order valence-corrected chi connectivity index (χ3v) is 3.44. The summed E-state index contributed by atoms with van der Waals surface area (Å²) in [5.41, 5.74) is 0.673. The van der Waals surface area contributed by atoms with E-state index in [0.717, 1.165) is 0 Å². The first-order chi connectivity index (χ1) is 8.97. The van der Waals surface area contributed by atoms with E-state index in [1.807, 2.05) is 0 Å². The van der Waals surface area contributed by atoms with Crippen molar-refractivity contribution in [3.8, 4) is 0 Å². The molecule has 0 radical (unpaired) electrons. The molecule has 0 aliphatic carbocycles. The van der Waals surface area contributed by atoms with Gasteiger partial charge in [0.1, 0.15) is 11.6 Å². The Balaban J connectivity index is 2.25. The maximum Gasteiger partial charge on any atom is 0.147 e. The zero-order chi connectivity index (χ0) is 14.0. The average molecular weight is 348 g/mol. The van der Waals surface area contributed by atoms with Gasteiger partial charge in [-0.2, -0.15) is 0 Å². The van der Waals surface area contributed by atoms with E-state index >= 15 is 0 Å². The highest BCUT2D eigenvalue weighted by Gasteiger charge is 2.16. The van der Waals surface area contributed by atoms with Crippen molar-refractivity contribution in [2.75, 3.05) is 0 Å². The highest BCUT2D eigenvalue weighted by atomic mass is 79.9. The van der Waals surface area contributed by atoms with Crippen molar-refractivity contribution in [3.05, 3.63) is 68.7 Å². The second-order valence-electron chi connectivity index (χ2n) is 4.14. The van der Waals surface area contributed by atoms with Crippen LogP contribution in [0.3, 0.4) is 0 Å². The fraction of sp³-hybridized carbons (Fsp3) is 0.143. The molecule has 2 aromatic carbocycles. The number of aliphatic hydroxyl groups excluding tert-OH is 1. The molecule has 0 spiro atoms. The predicted octanol–water partition coefficient (Wildman–Crippen LogP) is 4.66. The SMILES string of the molecule is OC(Cc1cc(F)cc(Br)c1)c1cccc(Cl)c1F. The lowest BCUT2D eigenvalue weighted by molar-refractivity contribution is 0.173. The van der Waals surface area contributed by atoms with Crippen molar-refractivity contribution >= 4 is 27.5 Å². The maximum absolute atomic E-state index is 13.7. The van der Waals surface area contributed by atoms with Crippen LogP contribution >= 0.6 is 27.5 Å². The fourth-order valence-corrected chi connectivity index (χ4v) is 2.53. The normalized spacial score (nSPS) is 12.5. The first-order valence-electron chi connectivity index (χ1n) is 5.54. The first-order valence-corrected chi connectivity index (χ1v) is 6.71. The van der Waals surface area contributed by atoms with Gasteiger partial charge in [-0.3, -0.25) is 0 Å². The maximum atomic E-state index is 13.7. The third-order valence-electron chi connectivity index (χ3n) is 2.69. The zero-order valence-electron chi connectivity index (χ0n) is 9.71. The van der Waals surface area contributed by atoms with Crippen LogP contribution in [0.2, 0.25) is 5.02 Å². The van der Waals surface area contributed by atoms with Crippen LogP contribution in [0.4, 0.5) is 8.78 Å². The molecule has 2 rings (SSSR count). The summed E-state index contributed by atoms with van der Waals surface area (Å²) < 4.78 is 27.5. The van der Waals surface area contributed by atoms with Crippen molar-refractivity contribution < 1.29 is 13.9 Å². The number of hydrogen-bond acceptors (Lipinski definition) is 1. The molecular formula is C14H10BrClF2O. The van der Waals surface area contributed by atoms with Gasteiger partial charge in [-0.25, -0.2) is 8.78 Å². The molecule has 0 heterocycles. The lowest BCUT2D eigenvalue weighted by Crippen LogP contribution is -2.05. The van der Waals surface area contributed by atoms with E-state index in [4.69, 9.17) is 11.6 Å². The van der Waals surface area contributed by atoms with E-state index < -0.39 is 17.7 Å². The largest absolute Gasteiger partial charge is 0.388 e. The van der Waals surface area contributed by atoms with Gasteiger partial charge >= 0.3 is 0 Å². The molecule has 1 unspecified atom stereocenters. The summed E-state index contributed by atoms with van der Waals surface area (Å²) in [7, 11) is 0. The minimum absolute atomic E-state index is 0.0445. The van der Waals surface area contributed by atoms with Crippen molar-refractivity contribution in [1.29, 1.82) is 0 Å². The molecule has 19 heavy (non-hydrogen) atoms. The minimum atomic E-state index is -1.08. The van der Waals surface area contributed by atoms with Crippen molar-refractivity contribution in [2.24, 2.45) is 0 Å². The number of aliphatic hydroxyl groups is 1. The Bertz CT molecular complexity index is 584. The molecule has 0 aromatic heterocycles. The van der Waals surface area contributed by atoms with Crippen LogP contribution in [0.1, 0.15) is 17.2 Å².